The van der Waals surface area contributed by atoms with Gasteiger partial charge in [0, 0.05) is 25.2 Å². The van der Waals surface area contributed by atoms with Gasteiger partial charge in [0.25, 0.3) is 0 Å². The maximum absolute atomic E-state index is 12.5. The van der Waals surface area contributed by atoms with Crippen LogP contribution in [0.1, 0.15) is 44.0 Å². The van der Waals surface area contributed by atoms with E-state index in [1.807, 2.05) is 11.9 Å². The van der Waals surface area contributed by atoms with Crippen LogP contribution < -0.4 is 0 Å². The summed E-state index contributed by atoms with van der Waals surface area (Å²) in [4.78, 5) is 19.2. The fourth-order valence-corrected chi connectivity index (χ4v) is 3.30. The third-order valence-electron chi connectivity index (χ3n) is 4.91. The van der Waals surface area contributed by atoms with Gasteiger partial charge in [-0.2, -0.15) is 0 Å². The zero-order valence-electron chi connectivity index (χ0n) is 17.0. The first-order valence-electron chi connectivity index (χ1n) is 9.70. The number of amides is 1. The highest BCUT2D eigenvalue weighted by molar-refractivity contribution is 5.76. The standard InChI is InChI=1S/C23H29N3O/c1-6-18-7-9-19(10-8-18)23-20(15-25(5)22(27)13-16(2)3)26-12-11-17(4)14-21(26)24-23/h7-12,14,16H,6,13,15H2,1-5H3. The van der Waals surface area contributed by atoms with Crippen LogP contribution in [0.15, 0.2) is 42.6 Å². The Bertz CT molecular complexity index is 938. The fraction of sp³-hybridized carbons (Fsp3) is 0.391. The van der Waals surface area contributed by atoms with E-state index in [2.05, 4.69) is 74.7 Å². The predicted molar refractivity (Wildman–Crippen MR) is 111 cm³/mol. The third-order valence-corrected chi connectivity index (χ3v) is 4.91. The van der Waals surface area contributed by atoms with Crippen LogP contribution in [0, 0.1) is 12.8 Å². The number of aromatic nitrogens is 2. The zero-order valence-corrected chi connectivity index (χ0v) is 17.0. The van der Waals surface area contributed by atoms with Crippen LogP contribution in [0.4, 0.5) is 0 Å². The number of benzene rings is 1. The van der Waals surface area contributed by atoms with Crippen LogP contribution in [0.3, 0.4) is 0 Å². The Morgan fingerprint density at radius 1 is 1.19 bits per heavy atom. The molecule has 1 aromatic carbocycles. The van der Waals surface area contributed by atoms with Crippen molar-refractivity contribution in [2.24, 2.45) is 5.92 Å². The molecule has 0 aliphatic carbocycles. The summed E-state index contributed by atoms with van der Waals surface area (Å²) in [7, 11) is 1.88. The minimum absolute atomic E-state index is 0.166. The molecule has 0 atom stereocenters. The molecule has 0 aliphatic heterocycles. The van der Waals surface area contributed by atoms with E-state index in [1.165, 1.54) is 11.1 Å². The topological polar surface area (TPSA) is 37.6 Å². The molecule has 0 saturated carbocycles. The van der Waals surface area contributed by atoms with E-state index in [1.54, 1.807) is 0 Å². The Morgan fingerprint density at radius 2 is 1.89 bits per heavy atom. The molecular weight excluding hydrogens is 334 g/mol. The van der Waals surface area contributed by atoms with Gasteiger partial charge in [-0.1, -0.05) is 45.0 Å². The molecule has 0 unspecified atom stereocenters. The van der Waals surface area contributed by atoms with Crippen molar-refractivity contribution in [2.45, 2.75) is 47.1 Å². The summed E-state index contributed by atoms with van der Waals surface area (Å²) in [6.45, 7) is 8.92. The first-order chi connectivity index (χ1) is 12.9. The Morgan fingerprint density at radius 3 is 2.52 bits per heavy atom. The number of nitrogens with zero attached hydrogens (tertiary/aromatic N) is 3. The number of pyridine rings is 1. The van der Waals surface area contributed by atoms with Gasteiger partial charge < -0.3 is 9.30 Å². The van der Waals surface area contributed by atoms with Crippen molar-refractivity contribution in [1.82, 2.24) is 14.3 Å². The van der Waals surface area contributed by atoms with E-state index in [0.29, 0.717) is 18.9 Å². The highest BCUT2D eigenvalue weighted by atomic mass is 16.2. The molecule has 0 saturated heterocycles. The lowest BCUT2D eigenvalue weighted by molar-refractivity contribution is -0.131. The van der Waals surface area contributed by atoms with Crippen molar-refractivity contribution in [3.63, 3.8) is 0 Å². The Labute approximate surface area is 161 Å². The molecule has 2 heterocycles. The molecule has 0 radical (unpaired) electrons. The summed E-state index contributed by atoms with van der Waals surface area (Å²) in [6, 6.07) is 12.7. The average Bonchev–Trinajstić information content (AvgIpc) is 2.98. The molecule has 4 heteroatoms. The maximum Gasteiger partial charge on any atom is 0.222 e. The quantitative estimate of drug-likeness (QED) is 0.626. The molecule has 0 aliphatic rings. The van der Waals surface area contributed by atoms with Crippen molar-refractivity contribution in [2.75, 3.05) is 7.05 Å². The smallest absolute Gasteiger partial charge is 0.222 e. The Balaban J connectivity index is 2.04. The second-order valence-electron chi connectivity index (χ2n) is 7.74. The number of carbonyl (C=O) groups excluding carboxylic acids is 1. The van der Waals surface area contributed by atoms with Crippen LogP contribution in [-0.2, 0) is 17.8 Å². The van der Waals surface area contributed by atoms with Crippen molar-refractivity contribution >= 4 is 11.6 Å². The van der Waals surface area contributed by atoms with E-state index < -0.39 is 0 Å². The first kappa shape index (κ1) is 19.2. The molecule has 27 heavy (non-hydrogen) atoms. The van der Waals surface area contributed by atoms with Crippen molar-refractivity contribution in [3.8, 4) is 11.3 Å². The summed E-state index contributed by atoms with van der Waals surface area (Å²) in [5.41, 5.74) is 6.50. The molecule has 1 amide bonds. The van der Waals surface area contributed by atoms with Crippen LogP contribution >= 0.6 is 0 Å². The van der Waals surface area contributed by atoms with E-state index >= 15 is 0 Å². The number of fused-ring (bicyclic) bond motifs is 1. The van der Waals surface area contributed by atoms with Crippen molar-refractivity contribution in [1.29, 1.82) is 0 Å². The molecule has 142 valence electrons. The van der Waals surface area contributed by atoms with E-state index in [9.17, 15) is 4.79 Å². The number of hydrogen-bond donors (Lipinski definition) is 0. The number of aryl methyl sites for hydroxylation is 2. The van der Waals surface area contributed by atoms with Gasteiger partial charge in [-0.15, -0.1) is 0 Å². The average molecular weight is 364 g/mol. The lowest BCUT2D eigenvalue weighted by Crippen LogP contribution is -2.28. The predicted octanol–water partition coefficient (Wildman–Crippen LogP) is 4.88. The summed E-state index contributed by atoms with van der Waals surface area (Å²) in [5.74, 6) is 0.519. The zero-order chi connectivity index (χ0) is 19.6. The normalized spacial score (nSPS) is 11.3. The number of imidazole rings is 1. The monoisotopic (exact) mass is 363 g/mol. The summed E-state index contributed by atoms with van der Waals surface area (Å²) < 4.78 is 2.11. The number of rotatable bonds is 6. The van der Waals surface area contributed by atoms with E-state index in [-0.39, 0.29) is 5.91 Å². The van der Waals surface area contributed by atoms with Gasteiger partial charge in [0.05, 0.1) is 17.9 Å². The van der Waals surface area contributed by atoms with Crippen LogP contribution in [0.2, 0.25) is 0 Å². The molecule has 0 spiro atoms. The number of carbonyl (C=O) groups is 1. The van der Waals surface area contributed by atoms with E-state index in [4.69, 9.17) is 4.98 Å². The van der Waals surface area contributed by atoms with Gasteiger partial charge >= 0.3 is 0 Å². The lowest BCUT2D eigenvalue weighted by Gasteiger charge is -2.19. The van der Waals surface area contributed by atoms with Gasteiger partial charge in [0.15, 0.2) is 0 Å². The lowest BCUT2D eigenvalue weighted by atomic mass is 10.1. The van der Waals surface area contributed by atoms with Crippen molar-refractivity contribution in [3.05, 3.63) is 59.4 Å². The highest BCUT2D eigenvalue weighted by Gasteiger charge is 2.19. The van der Waals surface area contributed by atoms with Crippen molar-refractivity contribution < 1.29 is 4.79 Å². The highest BCUT2D eigenvalue weighted by Crippen LogP contribution is 2.27. The molecule has 3 aromatic rings. The summed E-state index contributed by atoms with van der Waals surface area (Å²) in [5, 5.41) is 0. The Hall–Kier alpha value is -2.62. The largest absolute Gasteiger partial charge is 0.340 e. The molecule has 0 N–H and O–H groups in total. The first-order valence-corrected chi connectivity index (χ1v) is 9.70. The molecule has 3 rings (SSSR count). The fourth-order valence-electron chi connectivity index (χ4n) is 3.30. The Kier molecular flexibility index (Phi) is 5.64. The van der Waals surface area contributed by atoms with Gasteiger partial charge in [-0.3, -0.25) is 4.79 Å². The summed E-state index contributed by atoms with van der Waals surface area (Å²) in [6.07, 6.45) is 3.63. The molecular formula is C23H29N3O. The summed E-state index contributed by atoms with van der Waals surface area (Å²) >= 11 is 0. The second-order valence-corrected chi connectivity index (χ2v) is 7.74. The minimum Gasteiger partial charge on any atom is -0.340 e. The SMILES string of the molecule is CCc1ccc(-c2nc3cc(C)ccn3c2CN(C)C(=O)CC(C)C)cc1. The molecule has 0 bridgehead atoms. The van der Waals surface area contributed by atoms with Gasteiger partial charge in [0.1, 0.15) is 5.65 Å². The van der Waals surface area contributed by atoms with Gasteiger partial charge in [0.2, 0.25) is 5.91 Å². The van der Waals surface area contributed by atoms with Gasteiger partial charge in [-0.05, 0) is 42.5 Å². The number of hydrogen-bond acceptors (Lipinski definition) is 2. The molecule has 4 nitrogen and oxygen atoms in total. The van der Waals surface area contributed by atoms with E-state index in [0.717, 1.165) is 29.0 Å². The minimum atomic E-state index is 0.166. The second kappa shape index (κ2) is 7.95. The molecule has 0 fully saturated rings. The maximum atomic E-state index is 12.5. The third kappa shape index (κ3) is 4.21. The van der Waals surface area contributed by atoms with Crippen LogP contribution in [0.25, 0.3) is 16.9 Å². The van der Waals surface area contributed by atoms with Crippen LogP contribution in [-0.4, -0.2) is 27.2 Å². The van der Waals surface area contributed by atoms with Gasteiger partial charge in [-0.25, -0.2) is 4.98 Å². The molecule has 2 aromatic heterocycles. The van der Waals surface area contributed by atoms with Crippen LogP contribution in [0.5, 0.6) is 0 Å².